The Balaban J connectivity index is 1.49. The Morgan fingerprint density at radius 1 is 1.18 bits per heavy atom. The Hall–Kier alpha value is -2.23. The molecule has 2 aliphatic heterocycles. The standard InChI is InChI=1S/C25H39N5O4/c1-2-3-13-30-23(33)20(21(31)17-7-5-4-6-8-17)28-24(34)25(30)11-14-29(15-12-25)22(32)18-9-10-19(26)27-16-18/h9-10,16-17,20-22,31-32H,2-8,11-15H2,1H3,(H2,26,27)(H,28,34)/t20-,21-,22?/m1/s1. The number of carbonyl (C=O) groups is 2. The smallest absolute Gasteiger partial charge is 0.248 e. The van der Waals surface area contributed by atoms with Crippen molar-refractivity contribution < 1.29 is 19.8 Å². The van der Waals surface area contributed by atoms with Crippen LogP contribution in [0.3, 0.4) is 0 Å². The normalized spacial score (nSPS) is 25.9. The molecule has 3 heterocycles. The third-order valence-electron chi connectivity index (χ3n) is 8.05. The second-order valence-electron chi connectivity index (χ2n) is 10.1. The van der Waals surface area contributed by atoms with E-state index in [9.17, 15) is 19.8 Å². The molecule has 1 saturated carbocycles. The van der Waals surface area contributed by atoms with Crippen molar-refractivity contribution in [1.29, 1.82) is 0 Å². The number of nitrogens with two attached hydrogens (primary N) is 1. The molecule has 9 heteroatoms. The molecule has 3 fully saturated rings. The number of aliphatic hydroxyl groups is 2. The van der Waals surface area contributed by atoms with Gasteiger partial charge < -0.3 is 26.2 Å². The van der Waals surface area contributed by atoms with E-state index in [0.717, 1.165) is 44.9 Å². The molecule has 0 bridgehead atoms. The number of rotatable bonds is 7. The lowest BCUT2D eigenvalue weighted by Crippen LogP contribution is -2.75. The zero-order valence-corrected chi connectivity index (χ0v) is 20.2. The molecule has 2 saturated heterocycles. The maximum Gasteiger partial charge on any atom is 0.248 e. The van der Waals surface area contributed by atoms with Crippen molar-refractivity contribution in [3.63, 3.8) is 0 Å². The third-order valence-corrected chi connectivity index (χ3v) is 8.05. The summed E-state index contributed by atoms with van der Waals surface area (Å²) in [5.74, 6) is 0.104. The molecule has 1 aromatic rings. The molecule has 1 aliphatic carbocycles. The largest absolute Gasteiger partial charge is 0.390 e. The minimum atomic E-state index is -0.940. The lowest BCUT2D eigenvalue weighted by molar-refractivity contribution is -0.167. The zero-order valence-electron chi connectivity index (χ0n) is 20.2. The van der Waals surface area contributed by atoms with Crippen molar-refractivity contribution in [2.75, 3.05) is 25.4 Å². The zero-order chi connectivity index (χ0) is 24.3. The first-order chi connectivity index (χ1) is 16.4. The summed E-state index contributed by atoms with van der Waals surface area (Å²) in [6, 6.07) is 2.53. The van der Waals surface area contributed by atoms with E-state index in [2.05, 4.69) is 17.2 Å². The number of pyridine rings is 1. The third kappa shape index (κ3) is 4.78. The number of amides is 2. The van der Waals surface area contributed by atoms with E-state index in [1.807, 2.05) is 4.90 Å². The van der Waals surface area contributed by atoms with Gasteiger partial charge in [0, 0.05) is 31.4 Å². The van der Waals surface area contributed by atoms with Gasteiger partial charge in [-0.05, 0) is 50.2 Å². The maximum absolute atomic E-state index is 13.7. The molecule has 1 unspecified atom stereocenters. The second kappa shape index (κ2) is 10.6. The molecule has 188 valence electrons. The fourth-order valence-electron chi connectivity index (χ4n) is 5.87. The first kappa shape index (κ1) is 24.9. The number of hydrogen-bond acceptors (Lipinski definition) is 7. The quantitative estimate of drug-likeness (QED) is 0.472. The molecular formula is C25H39N5O4. The van der Waals surface area contributed by atoms with E-state index in [1.165, 1.54) is 0 Å². The molecule has 0 aromatic carbocycles. The van der Waals surface area contributed by atoms with Crippen molar-refractivity contribution in [3.05, 3.63) is 23.9 Å². The van der Waals surface area contributed by atoms with Gasteiger partial charge in [-0.3, -0.25) is 14.5 Å². The van der Waals surface area contributed by atoms with Gasteiger partial charge in [0.2, 0.25) is 11.8 Å². The highest BCUT2D eigenvalue weighted by atomic mass is 16.3. The van der Waals surface area contributed by atoms with Crippen LogP contribution in [0.2, 0.25) is 0 Å². The van der Waals surface area contributed by atoms with Crippen LogP contribution in [-0.2, 0) is 9.59 Å². The first-order valence-electron chi connectivity index (χ1n) is 12.8. The SMILES string of the molecule is CCCCN1C(=O)[C@@H]([C@H](O)C2CCCCC2)NC(=O)C12CCN(C(O)c1ccc(N)nc1)CC2. The number of nitrogen functional groups attached to an aromatic ring is 1. The fraction of sp³-hybridized carbons (Fsp3) is 0.720. The highest BCUT2D eigenvalue weighted by Crippen LogP contribution is 2.37. The first-order valence-corrected chi connectivity index (χ1v) is 12.8. The Bertz CT molecular complexity index is 849. The summed E-state index contributed by atoms with van der Waals surface area (Å²) < 4.78 is 0. The Kier molecular flexibility index (Phi) is 7.74. The predicted octanol–water partition coefficient (Wildman–Crippen LogP) is 1.56. The van der Waals surface area contributed by atoms with Gasteiger partial charge in [0.15, 0.2) is 0 Å². The molecule has 9 nitrogen and oxygen atoms in total. The molecule has 4 rings (SSSR count). The van der Waals surface area contributed by atoms with Crippen LogP contribution in [0, 0.1) is 5.92 Å². The summed E-state index contributed by atoms with van der Waals surface area (Å²) in [6.07, 6.45) is 7.50. The van der Waals surface area contributed by atoms with E-state index in [4.69, 9.17) is 5.73 Å². The van der Waals surface area contributed by atoms with Crippen LogP contribution < -0.4 is 11.1 Å². The van der Waals surface area contributed by atoms with Crippen molar-refractivity contribution in [2.45, 2.75) is 88.6 Å². The highest BCUT2D eigenvalue weighted by molar-refractivity contribution is 6.00. The van der Waals surface area contributed by atoms with Crippen molar-refractivity contribution in [3.8, 4) is 0 Å². The van der Waals surface area contributed by atoms with Crippen molar-refractivity contribution >= 4 is 17.6 Å². The van der Waals surface area contributed by atoms with Gasteiger partial charge in [0.25, 0.3) is 0 Å². The van der Waals surface area contributed by atoms with Gasteiger partial charge in [-0.25, -0.2) is 4.98 Å². The summed E-state index contributed by atoms with van der Waals surface area (Å²) in [7, 11) is 0. The lowest BCUT2D eigenvalue weighted by Gasteiger charge is -2.53. The highest BCUT2D eigenvalue weighted by Gasteiger charge is 2.55. The number of anilines is 1. The minimum Gasteiger partial charge on any atom is -0.390 e. The van der Waals surface area contributed by atoms with E-state index in [1.54, 1.807) is 23.2 Å². The van der Waals surface area contributed by atoms with Crippen LogP contribution in [0.25, 0.3) is 0 Å². The Labute approximate surface area is 201 Å². The van der Waals surface area contributed by atoms with Crippen LogP contribution in [0.5, 0.6) is 0 Å². The maximum atomic E-state index is 13.7. The predicted molar refractivity (Wildman–Crippen MR) is 128 cm³/mol. The Morgan fingerprint density at radius 2 is 1.88 bits per heavy atom. The summed E-state index contributed by atoms with van der Waals surface area (Å²) in [5, 5.41) is 24.8. The van der Waals surface area contributed by atoms with E-state index in [-0.39, 0.29) is 17.7 Å². The molecule has 34 heavy (non-hydrogen) atoms. The fourth-order valence-corrected chi connectivity index (χ4v) is 5.87. The number of aliphatic hydroxyl groups excluding tert-OH is 2. The second-order valence-corrected chi connectivity index (χ2v) is 10.1. The number of nitrogens with one attached hydrogen (secondary N) is 1. The summed E-state index contributed by atoms with van der Waals surface area (Å²) >= 11 is 0. The molecule has 1 spiro atoms. The van der Waals surface area contributed by atoms with Crippen LogP contribution >= 0.6 is 0 Å². The molecule has 3 atom stereocenters. The average Bonchev–Trinajstić information content (AvgIpc) is 2.87. The molecule has 0 radical (unpaired) electrons. The van der Waals surface area contributed by atoms with E-state index < -0.39 is 23.9 Å². The minimum absolute atomic E-state index is 0.0515. The van der Waals surface area contributed by atoms with Gasteiger partial charge in [-0.1, -0.05) is 32.6 Å². The topological polar surface area (TPSA) is 132 Å². The summed E-state index contributed by atoms with van der Waals surface area (Å²) in [6.45, 7) is 3.49. The van der Waals surface area contributed by atoms with Crippen LogP contribution in [-0.4, -0.2) is 74.1 Å². The average molecular weight is 474 g/mol. The van der Waals surface area contributed by atoms with Gasteiger partial charge in [0.05, 0.1) is 6.10 Å². The van der Waals surface area contributed by atoms with Gasteiger partial charge >= 0.3 is 0 Å². The Morgan fingerprint density at radius 3 is 2.50 bits per heavy atom. The monoisotopic (exact) mass is 473 g/mol. The number of nitrogens with zero attached hydrogens (tertiary/aromatic N) is 3. The van der Waals surface area contributed by atoms with E-state index >= 15 is 0 Å². The number of piperidine rings is 1. The summed E-state index contributed by atoms with van der Waals surface area (Å²) in [5.41, 5.74) is 5.36. The number of carbonyl (C=O) groups excluding carboxylic acids is 2. The summed E-state index contributed by atoms with van der Waals surface area (Å²) in [4.78, 5) is 34.9. The lowest BCUT2D eigenvalue weighted by atomic mass is 9.77. The van der Waals surface area contributed by atoms with Crippen LogP contribution in [0.1, 0.15) is 76.5 Å². The molecular weight excluding hydrogens is 434 g/mol. The molecule has 1 aromatic heterocycles. The number of likely N-dealkylation sites (tertiary alicyclic amines) is 1. The molecule has 5 N–H and O–H groups in total. The van der Waals surface area contributed by atoms with E-state index in [0.29, 0.717) is 43.9 Å². The van der Waals surface area contributed by atoms with Gasteiger partial charge in [-0.15, -0.1) is 0 Å². The number of hydrogen-bond donors (Lipinski definition) is 4. The number of unbranched alkanes of at least 4 members (excludes halogenated alkanes) is 1. The van der Waals surface area contributed by atoms with Crippen LogP contribution in [0.15, 0.2) is 18.3 Å². The van der Waals surface area contributed by atoms with Gasteiger partial charge in [-0.2, -0.15) is 0 Å². The van der Waals surface area contributed by atoms with Crippen molar-refractivity contribution in [2.24, 2.45) is 5.92 Å². The van der Waals surface area contributed by atoms with Crippen molar-refractivity contribution in [1.82, 2.24) is 20.1 Å². The van der Waals surface area contributed by atoms with Gasteiger partial charge in [0.1, 0.15) is 23.6 Å². The number of aromatic nitrogens is 1. The van der Waals surface area contributed by atoms with Crippen LogP contribution in [0.4, 0.5) is 5.82 Å². The molecule has 2 amide bonds. The molecule has 3 aliphatic rings. The number of piperazine rings is 1.